The molecule has 0 saturated carbocycles. The number of hydrogen-bond acceptors (Lipinski definition) is 5. The highest BCUT2D eigenvalue weighted by Gasteiger charge is 2.17. The molecule has 0 bridgehead atoms. The van der Waals surface area contributed by atoms with Crippen LogP contribution in [-0.2, 0) is 11.3 Å². The van der Waals surface area contributed by atoms with E-state index in [1.807, 2.05) is 18.2 Å². The van der Waals surface area contributed by atoms with Crippen LogP contribution in [0.4, 0.5) is 0 Å². The summed E-state index contributed by atoms with van der Waals surface area (Å²) in [5.74, 6) is -0.205. The van der Waals surface area contributed by atoms with Crippen molar-refractivity contribution in [2.45, 2.75) is 25.4 Å². The maximum atomic E-state index is 12.5. The molecule has 4 rings (SSSR count). The topological polar surface area (TPSA) is 89.2 Å². The third-order valence-corrected chi connectivity index (χ3v) is 4.37. The maximum absolute atomic E-state index is 12.5. The average Bonchev–Trinajstić information content (AvgIpc) is 3.23. The Balaban J connectivity index is 1.55. The molecule has 0 radical (unpaired) electrons. The number of benzene rings is 1. The minimum atomic E-state index is -0.342. The number of hydrogen-bond donors (Lipinski definition) is 2. The highest BCUT2D eigenvalue weighted by molar-refractivity contribution is 6.01. The molecule has 1 atom stereocenters. The van der Waals surface area contributed by atoms with Crippen molar-refractivity contribution in [3.05, 3.63) is 40.9 Å². The number of fused-ring (bicyclic) bond motifs is 3. The average molecular weight is 326 g/mol. The van der Waals surface area contributed by atoms with Gasteiger partial charge in [-0.3, -0.25) is 14.2 Å². The third kappa shape index (κ3) is 2.67. The molecule has 7 heteroatoms. The van der Waals surface area contributed by atoms with Crippen molar-refractivity contribution in [3.8, 4) is 0 Å². The fourth-order valence-electron chi connectivity index (χ4n) is 3.11. The number of aromatic nitrogens is 2. The van der Waals surface area contributed by atoms with Gasteiger partial charge in [-0.1, -0.05) is 12.1 Å². The molecule has 1 unspecified atom stereocenters. The first-order valence-electron chi connectivity index (χ1n) is 8.09. The molecule has 1 saturated heterocycles. The van der Waals surface area contributed by atoms with Gasteiger partial charge in [0.15, 0.2) is 0 Å². The molecule has 3 heterocycles. The quantitative estimate of drug-likeness (QED) is 0.747. The Labute approximate surface area is 137 Å². The van der Waals surface area contributed by atoms with E-state index in [-0.39, 0.29) is 23.6 Å². The van der Waals surface area contributed by atoms with Crippen LogP contribution in [0.1, 0.15) is 12.8 Å². The predicted octanol–water partition coefficient (Wildman–Crippen LogP) is 1.01. The van der Waals surface area contributed by atoms with Crippen molar-refractivity contribution in [2.24, 2.45) is 0 Å². The molecule has 124 valence electrons. The van der Waals surface area contributed by atoms with E-state index in [0.29, 0.717) is 23.7 Å². The summed E-state index contributed by atoms with van der Waals surface area (Å²) in [6.07, 6.45) is 3.60. The third-order valence-electron chi connectivity index (χ3n) is 4.37. The molecular weight excluding hydrogens is 308 g/mol. The lowest BCUT2D eigenvalue weighted by atomic mass is 10.2. The Hall–Kier alpha value is -2.67. The second kappa shape index (κ2) is 6.09. The first kappa shape index (κ1) is 14.9. The molecule has 1 amide bonds. The first-order chi connectivity index (χ1) is 11.7. The molecule has 1 fully saturated rings. The van der Waals surface area contributed by atoms with E-state index in [1.165, 1.54) is 10.9 Å². The van der Waals surface area contributed by atoms with Crippen LogP contribution in [-0.4, -0.2) is 34.6 Å². The summed E-state index contributed by atoms with van der Waals surface area (Å²) in [4.78, 5) is 28.9. The van der Waals surface area contributed by atoms with Crippen molar-refractivity contribution < 1.29 is 9.21 Å². The Kier molecular flexibility index (Phi) is 3.78. The van der Waals surface area contributed by atoms with Gasteiger partial charge in [0.25, 0.3) is 5.56 Å². The van der Waals surface area contributed by atoms with Gasteiger partial charge in [-0.05, 0) is 31.5 Å². The zero-order valence-corrected chi connectivity index (χ0v) is 13.1. The normalized spacial score (nSPS) is 17.6. The zero-order valence-electron chi connectivity index (χ0n) is 13.1. The van der Waals surface area contributed by atoms with E-state index < -0.39 is 0 Å². The largest absolute Gasteiger partial charge is 0.448 e. The summed E-state index contributed by atoms with van der Waals surface area (Å²) < 4.78 is 6.89. The number of amides is 1. The van der Waals surface area contributed by atoms with Crippen molar-refractivity contribution in [1.82, 2.24) is 20.2 Å². The number of nitrogens with one attached hydrogen (secondary N) is 2. The number of carbonyl (C=O) groups is 1. The molecule has 2 aromatic heterocycles. The van der Waals surface area contributed by atoms with Gasteiger partial charge in [0, 0.05) is 18.0 Å². The lowest BCUT2D eigenvalue weighted by molar-refractivity contribution is -0.121. The molecule has 24 heavy (non-hydrogen) atoms. The van der Waals surface area contributed by atoms with Gasteiger partial charge in [-0.25, -0.2) is 4.98 Å². The van der Waals surface area contributed by atoms with Crippen molar-refractivity contribution in [2.75, 3.05) is 13.1 Å². The first-order valence-corrected chi connectivity index (χ1v) is 8.09. The molecule has 7 nitrogen and oxygen atoms in total. The van der Waals surface area contributed by atoms with Crippen molar-refractivity contribution in [1.29, 1.82) is 0 Å². The molecule has 2 N–H and O–H groups in total. The second-order valence-electron chi connectivity index (χ2n) is 6.05. The standard InChI is InChI=1S/C17H18N4O3/c22-14(19-8-11-4-3-7-18-11)9-21-10-20-15-12-5-1-2-6-13(12)24-16(15)17(21)23/h1-2,5-6,10-11,18H,3-4,7-9H2,(H,19,22). The molecular formula is C17H18N4O3. The van der Waals surface area contributed by atoms with Crippen LogP contribution >= 0.6 is 0 Å². The summed E-state index contributed by atoms with van der Waals surface area (Å²) in [7, 11) is 0. The molecule has 1 aliphatic rings. The van der Waals surface area contributed by atoms with Crippen LogP contribution < -0.4 is 16.2 Å². The van der Waals surface area contributed by atoms with E-state index in [2.05, 4.69) is 15.6 Å². The predicted molar refractivity (Wildman–Crippen MR) is 89.8 cm³/mol. The lowest BCUT2D eigenvalue weighted by Crippen LogP contribution is -2.39. The van der Waals surface area contributed by atoms with Crippen LogP contribution in [0.25, 0.3) is 22.1 Å². The van der Waals surface area contributed by atoms with Crippen LogP contribution in [0.15, 0.2) is 39.8 Å². The number of carbonyl (C=O) groups excluding carboxylic acids is 1. The van der Waals surface area contributed by atoms with Crippen LogP contribution in [0.5, 0.6) is 0 Å². The number of para-hydroxylation sites is 1. The fraction of sp³-hybridized carbons (Fsp3) is 0.353. The lowest BCUT2D eigenvalue weighted by Gasteiger charge is -2.11. The Bertz CT molecular complexity index is 953. The SMILES string of the molecule is O=C(Cn1cnc2c(oc3ccccc32)c1=O)NCC1CCCN1. The van der Waals surface area contributed by atoms with E-state index in [1.54, 1.807) is 6.07 Å². The molecule has 0 aliphatic carbocycles. The van der Waals surface area contributed by atoms with Gasteiger partial charge < -0.3 is 15.1 Å². The molecule has 3 aromatic rings. The zero-order chi connectivity index (χ0) is 16.5. The smallest absolute Gasteiger partial charge is 0.297 e. The fourth-order valence-corrected chi connectivity index (χ4v) is 3.11. The summed E-state index contributed by atoms with van der Waals surface area (Å²) in [5.41, 5.74) is 0.989. The van der Waals surface area contributed by atoms with E-state index in [9.17, 15) is 9.59 Å². The van der Waals surface area contributed by atoms with Gasteiger partial charge in [-0.2, -0.15) is 0 Å². The van der Waals surface area contributed by atoms with Crippen molar-refractivity contribution in [3.63, 3.8) is 0 Å². The van der Waals surface area contributed by atoms with Crippen molar-refractivity contribution >= 4 is 28.0 Å². The van der Waals surface area contributed by atoms with E-state index in [4.69, 9.17) is 4.42 Å². The van der Waals surface area contributed by atoms with Gasteiger partial charge in [0.2, 0.25) is 11.5 Å². The Morgan fingerprint density at radius 3 is 3.12 bits per heavy atom. The van der Waals surface area contributed by atoms with Gasteiger partial charge in [0.05, 0.1) is 6.33 Å². The summed E-state index contributed by atoms with van der Waals surface area (Å²) in [5, 5.41) is 6.97. The molecule has 0 spiro atoms. The Morgan fingerprint density at radius 2 is 2.29 bits per heavy atom. The van der Waals surface area contributed by atoms with Crippen LogP contribution in [0.2, 0.25) is 0 Å². The minimum Gasteiger partial charge on any atom is -0.448 e. The molecule has 1 aromatic carbocycles. The summed E-state index contributed by atoms with van der Waals surface area (Å²) in [6, 6.07) is 7.69. The summed E-state index contributed by atoms with van der Waals surface area (Å²) in [6.45, 7) is 1.51. The van der Waals surface area contributed by atoms with E-state index in [0.717, 1.165) is 24.8 Å². The minimum absolute atomic E-state index is 0.0639. The number of rotatable bonds is 4. The number of nitrogens with zero attached hydrogens (tertiary/aromatic N) is 2. The maximum Gasteiger partial charge on any atom is 0.297 e. The van der Waals surface area contributed by atoms with Crippen LogP contribution in [0.3, 0.4) is 0 Å². The number of furan rings is 1. The van der Waals surface area contributed by atoms with Gasteiger partial charge >= 0.3 is 0 Å². The highest BCUT2D eigenvalue weighted by Crippen LogP contribution is 2.23. The summed E-state index contributed by atoms with van der Waals surface area (Å²) >= 11 is 0. The second-order valence-corrected chi connectivity index (χ2v) is 6.05. The van der Waals surface area contributed by atoms with Gasteiger partial charge in [0.1, 0.15) is 17.6 Å². The monoisotopic (exact) mass is 326 g/mol. The Morgan fingerprint density at radius 1 is 1.42 bits per heavy atom. The van der Waals surface area contributed by atoms with Crippen LogP contribution in [0, 0.1) is 0 Å². The highest BCUT2D eigenvalue weighted by atomic mass is 16.3. The van der Waals surface area contributed by atoms with Gasteiger partial charge in [-0.15, -0.1) is 0 Å². The van der Waals surface area contributed by atoms with E-state index >= 15 is 0 Å². The molecule has 1 aliphatic heterocycles.